The van der Waals surface area contributed by atoms with Crippen LogP contribution in [0.3, 0.4) is 0 Å². The van der Waals surface area contributed by atoms with Crippen LogP contribution in [0.1, 0.15) is 11.1 Å². The molecule has 6 nitrogen and oxygen atoms in total. The number of rotatable bonds is 3. The zero-order valence-corrected chi connectivity index (χ0v) is 14.8. The van der Waals surface area contributed by atoms with E-state index in [0.717, 1.165) is 20.1 Å². The molecule has 0 unspecified atom stereocenters. The molecule has 0 aliphatic rings. The van der Waals surface area contributed by atoms with Crippen LogP contribution in [0.2, 0.25) is 0 Å². The van der Waals surface area contributed by atoms with Crippen molar-refractivity contribution in [2.24, 2.45) is 10.9 Å². The van der Waals surface area contributed by atoms with Crippen molar-refractivity contribution in [3.05, 3.63) is 64.1 Å². The summed E-state index contributed by atoms with van der Waals surface area (Å²) in [7, 11) is 0. The zero-order chi connectivity index (χ0) is 17.4. The Bertz CT molecular complexity index is 1150. The smallest absolute Gasteiger partial charge is 0.267 e. The number of fused-ring (bicyclic) bond motifs is 2. The summed E-state index contributed by atoms with van der Waals surface area (Å²) in [4.78, 5) is 22.1. The zero-order valence-electron chi connectivity index (χ0n) is 13.2. The van der Waals surface area contributed by atoms with Gasteiger partial charge in [0, 0.05) is 6.20 Å². The van der Waals surface area contributed by atoms with Crippen molar-refractivity contribution in [3.63, 3.8) is 0 Å². The second-order valence-corrected chi connectivity index (χ2v) is 7.61. The number of hydrazone groups is 1. The standard InChI is InChI=1S/C17H13N5OS2/c1-10-5-4-8-22-14(10)21-15(11(9-19-18)16(22)23)25-17-20-12-6-2-3-7-13(12)24-17/h2-9H,18H2,1H3/b19-9-. The Morgan fingerprint density at radius 3 is 2.88 bits per heavy atom. The van der Waals surface area contributed by atoms with Crippen LogP contribution in [0.15, 0.2) is 61.9 Å². The molecule has 4 rings (SSSR count). The number of benzene rings is 1. The molecule has 8 heteroatoms. The van der Waals surface area contributed by atoms with E-state index in [4.69, 9.17) is 5.84 Å². The fourth-order valence-corrected chi connectivity index (χ4v) is 4.59. The summed E-state index contributed by atoms with van der Waals surface area (Å²) in [6, 6.07) is 11.6. The summed E-state index contributed by atoms with van der Waals surface area (Å²) in [6.45, 7) is 1.92. The van der Waals surface area contributed by atoms with Gasteiger partial charge in [-0.25, -0.2) is 9.97 Å². The van der Waals surface area contributed by atoms with Crippen molar-refractivity contribution in [1.82, 2.24) is 14.4 Å². The number of para-hydroxylation sites is 1. The van der Waals surface area contributed by atoms with E-state index in [-0.39, 0.29) is 5.56 Å². The van der Waals surface area contributed by atoms with Gasteiger partial charge in [0.15, 0.2) is 4.34 Å². The lowest BCUT2D eigenvalue weighted by molar-refractivity contribution is 0.966. The van der Waals surface area contributed by atoms with Crippen LogP contribution in [-0.4, -0.2) is 20.6 Å². The van der Waals surface area contributed by atoms with Crippen LogP contribution in [-0.2, 0) is 0 Å². The molecule has 3 aromatic heterocycles. The third-order valence-corrected chi connectivity index (χ3v) is 5.81. The van der Waals surface area contributed by atoms with E-state index in [1.54, 1.807) is 17.5 Å². The minimum atomic E-state index is -0.202. The van der Waals surface area contributed by atoms with Crippen LogP contribution >= 0.6 is 23.1 Å². The van der Waals surface area contributed by atoms with Gasteiger partial charge in [0.1, 0.15) is 10.7 Å². The van der Waals surface area contributed by atoms with E-state index in [1.807, 2.05) is 43.3 Å². The third kappa shape index (κ3) is 2.79. The number of hydrogen-bond acceptors (Lipinski definition) is 7. The molecule has 0 saturated heterocycles. The van der Waals surface area contributed by atoms with Gasteiger partial charge >= 0.3 is 0 Å². The van der Waals surface area contributed by atoms with Gasteiger partial charge in [0.2, 0.25) is 0 Å². The van der Waals surface area contributed by atoms with Crippen LogP contribution in [0.25, 0.3) is 15.9 Å². The average Bonchev–Trinajstić information content (AvgIpc) is 3.01. The lowest BCUT2D eigenvalue weighted by Crippen LogP contribution is -2.21. The van der Waals surface area contributed by atoms with E-state index < -0.39 is 0 Å². The summed E-state index contributed by atoms with van der Waals surface area (Å²) < 4.78 is 3.42. The first-order valence-corrected chi connectivity index (χ1v) is 9.09. The first-order valence-electron chi connectivity index (χ1n) is 7.46. The average molecular weight is 367 g/mol. The molecular weight excluding hydrogens is 354 g/mol. The predicted octanol–water partition coefficient (Wildman–Crippen LogP) is 3.06. The van der Waals surface area contributed by atoms with E-state index >= 15 is 0 Å². The lowest BCUT2D eigenvalue weighted by Gasteiger charge is -2.08. The number of nitrogens with zero attached hydrogens (tertiary/aromatic N) is 4. The topological polar surface area (TPSA) is 85.6 Å². The minimum Gasteiger partial charge on any atom is -0.323 e. The highest BCUT2D eigenvalue weighted by atomic mass is 32.2. The highest BCUT2D eigenvalue weighted by Gasteiger charge is 2.15. The van der Waals surface area contributed by atoms with Crippen molar-refractivity contribution >= 4 is 45.2 Å². The number of nitrogens with two attached hydrogens (primary N) is 1. The molecule has 3 heterocycles. The van der Waals surface area contributed by atoms with Gasteiger partial charge in [0.05, 0.1) is 22.0 Å². The van der Waals surface area contributed by atoms with Crippen molar-refractivity contribution in [2.45, 2.75) is 16.3 Å². The molecule has 4 aromatic rings. The highest BCUT2D eigenvalue weighted by Crippen LogP contribution is 2.34. The second kappa shape index (κ2) is 6.30. The van der Waals surface area contributed by atoms with Gasteiger partial charge < -0.3 is 5.84 Å². The number of hydrogen-bond donors (Lipinski definition) is 1. The molecule has 0 fully saturated rings. The summed E-state index contributed by atoms with van der Waals surface area (Å²) >= 11 is 2.92. The van der Waals surface area contributed by atoms with Crippen LogP contribution in [0, 0.1) is 6.92 Å². The van der Waals surface area contributed by atoms with Gasteiger partial charge in [-0.15, -0.1) is 11.3 Å². The van der Waals surface area contributed by atoms with Crippen molar-refractivity contribution < 1.29 is 0 Å². The van der Waals surface area contributed by atoms with E-state index in [2.05, 4.69) is 15.1 Å². The maximum absolute atomic E-state index is 12.8. The molecule has 0 bridgehead atoms. The monoisotopic (exact) mass is 367 g/mol. The maximum Gasteiger partial charge on any atom is 0.267 e. The summed E-state index contributed by atoms with van der Waals surface area (Å²) in [6.07, 6.45) is 3.04. The van der Waals surface area contributed by atoms with E-state index in [1.165, 1.54) is 22.4 Å². The number of aryl methyl sites for hydroxylation is 1. The summed E-state index contributed by atoms with van der Waals surface area (Å²) in [5.41, 5.74) is 2.62. The lowest BCUT2D eigenvalue weighted by atomic mass is 10.3. The van der Waals surface area contributed by atoms with E-state index in [0.29, 0.717) is 16.2 Å². The van der Waals surface area contributed by atoms with Crippen LogP contribution in [0.4, 0.5) is 0 Å². The van der Waals surface area contributed by atoms with Crippen molar-refractivity contribution in [3.8, 4) is 0 Å². The van der Waals surface area contributed by atoms with Crippen molar-refractivity contribution in [1.29, 1.82) is 0 Å². The Balaban J connectivity index is 1.91. The van der Waals surface area contributed by atoms with Gasteiger partial charge in [-0.3, -0.25) is 9.20 Å². The Hall–Kier alpha value is -2.71. The van der Waals surface area contributed by atoms with Gasteiger partial charge in [-0.2, -0.15) is 5.10 Å². The number of thiazole rings is 1. The van der Waals surface area contributed by atoms with Crippen molar-refractivity contribution in [2.75, 3.05) is 0 Å². The largest absolute Gasteiger partial charge is 0.323 e. The number of aromatic nitrogens is 3. The third-order valence-electron chi connectivity index (χ3n) is 3.71. The fourth-order valence-electron chi connectivity index (χ4n) is 2.53. The molecule has 0 aliphatic heterocycles. The summed E-state index contributed by atoms with van der Waals surface area (Å²) in [5.74, 6) is 5.30. The normalized spacial score (nSPS) is 11.7. The quantitative estimate of drug-likeness (QED) is 0.260. The Morgan fingerprint density at radius 2 is 2.08 bits per heavy atom. The Morgan fingerprint density at radius 1 is 1.24 bits per heavy atom. The van der Waals surface area contributed by atoms with Gasteiger partial charge in [-0.05, 0) is 42.4 Å². The molecule has 1 aromatic carbocycles. The highest BCUT2D eigenvalue weighted by molar-refractivity contribution is 8.01. The molecule has 0 saturated carbocycles. The Kier molecular flexibility index (Phi) is 3.98. The van der Waals surface area contributed by atoms with Gasteiger partial charge in [0.25, 0.3) is 5.56 Å². The number of pyridine rings is 1. The SMILES string of the molecule is Cc1cccn2c(=O)c(/C=N\N)c(Sc3nc4ccccc4s3)nc12. The Labute approximate surface area is 151 Å². The fraction of sp³-hybridized carbons (Fsp3) is 0.0588. The minimum absolute atomic E-state index is 0.202. The molecule has 0 spiro atoms. The second-order valence-electron chi connectivity index (χ2n) is 5.35. The molecule has 25 heavy (non-hydrogen) atoms. The molecular formula is C17H13N5OS2. The summed E-state index contributed by atoms with van der Waals surface area (Å²) in [5, 5.41) is 4.08. The predicted molar refractivity (Wildman–Crippen MR) is 102 cm³/mol. The van der Waals surface area contributed by atoms with Crippen LogP contribution < -0.4 is 11.4 Å². The maximum atomic E-state index is 12.8. The molecule has 0 radical (unpaired) electrons. The van der Waals surface area contributed by atoms with Crippen LogP contribution in [0.5, 0.6) is 0 Å². The molecule has 124 valence electrons. The molecule has 0 atom stereocenters. The first-order chi connectivity index (χ1) is 12.2. The molecule has 2 N–H and O–H groups in total. The first kappa shape index (κ1) is 15.8. The van der Waals surface area contributed by atoms with Gasteiger partial charge in [-0.1, -0.05) is 18.2 Å². The molecule has 0 aliphatic carbocycles. The molecule has 0 amide bonds. The van der Waals surface area contributed by atoms with E-state index in [9.17, 15) is 4.79 Å².